The minimum atomic E-state index is -1.21. The Morgan fingerprint density at radius 3 is 2.64 bits per heavy atom. The van der Waals surface area contributed by atoms with Crippen LogP contribution in [-0.2, 0) is 0 Å². The van der Waals surface area contributed by atoms with Crippen molar-refractivity contribution in [2.24, 2.45) is 0 Å². The highest BCUT2D eigenvalue weighted by atomic mass is 32.1. The lowest BCUT2D eigenvalue weighted by Gasteiger charge is -2.16. The molecule has 0 nitrogen and oxygen atoms in total. The molecule has 0 N–H and O–H groups in total. The standard InChI is InChI=1S/C12H16SSi/c1-9-7-10-5-6-11(14(2,3)4)8-12(10)13-9/h5-8H,1-4H3/i7D. The van der Waals surface area contributed by atoms with Crippen molar-refractivity contribution in [3.63, 3.8) is 0 Å². The topological polar surface area (TPSA) is 0 Å². The molecule has 0 aliphatic carbocycles. The summed E-state index contributed by atoms with van der Waals surface area (Å²) in [7, 11) is -1.21. The van der Waals surface area contributed by atoms with Crippen LogP contribution in [0.3, 0.4) is 0 Å². The first kappa shape index (κ1) is 8.68. The minimum absolute atomic E-state index is 0.706. The number of benzene rings is 1. The van der Waals surface area contributed by atoms with E-state index in [2.05, 4.69) is 37.8 Å². The van der Waals surface area contributed by atoms with E-state index in [1.807, 2.05) is 6.92 Å². The van der Waals surface area contributed by atoms with Crippen molar-refractivity contribution < 1.29 is 1.37 Å². The molecule has 0 aliphatic rings. The van der Waals surface area contributed by atoms with Crippen LogP contribution < -0.4 is 5.19 Å². The number of fused-ring (bicyclic) bond motifs is 1. The molecule has 0 saturated heterocycles. The summed E-state index contributed by atoms with van der Waals surface area (Å²) < 4.78 is 9.19. The fourth-order valence-corrected chi connectivity index (χ4v) is 3.73. The number of aryl methyl sites for hydroxylation is 1. The Hall–Kier alpha value is -0.603. The van der Waals surface area contributed by atoms with E-state index >= 15 is 0 Å². The molecule has 0 aliphatic heterocycles. The van der Waals surface area contributed by atoms with E-state index in [-0.39, 0.29) is 0 Å². The SMILES string of the molecule is [2H]c1c(C)sc2cc([Si](C)(C)C)ccc12. The van der Waals surface area contributed by atoms with E-state index in [4.69, 9.17) is 1.37 Å². The quantitative estimate of drug-likeness (QED) is 0.643. The summed E-state index contributed by atoms with van der Waals surface area (Å²) in [5.74, 6) is 0. The average Bonchev–Trinajstić information content (AvgIpc) is 2.41. The predicted molar refractivity (Wildman–Crippen MR) is 69.5 cm³/mol. The van der Waals surface area contributed by atoms with Gasteiger partial charge in [0, 0.05) is 9.58 Å². The van der Waals surface area contributed by atoms with Crippen LogP contribution in [0.5, 0.6) is 0 Å². The van der Waals surface area contributed by atoms with E-state index in [0.29, 0.717) is 6.04 Å². The zero-order valence-corrected chi connectivity index (χ0v) is 11.0. The summed E-state index contributed by atoms with van der Waals surface area (Å²) >= 11 is 1.74. The molecule has 2 rings (SSSR count). The molecule has 0 amide bonds. The van der Waals surface area contributed by atoms with Gasteiger partial charge >= 0.3 is 0 Å². The number of hydrogen-bond donors (Lipinski definition) is 0. The molecule has 1 aromatic carbocycles. The normalized spacial score (nSPS) is 13.3. The van der Waals surface area contributed by atoms with Crippen molar-refractivity contribution >= 4 is 34.7 Å². The maximum absolute atomic E-state index is 7.92. The van der Waals surface area contributed by atoms with Crippen LogP contribution in [0.15, 0.2) is 24.2 Å². The first-order valence-corrected chi connectivity index (χ1v) is 9.21. The molecule has 74 valence electrons. The fourth-order valence-electron chi connectivity index (χ4n) is 1.56. The highest BCUT2D eigenvalue weighted by Gasteiger charge is 2.16. The monoisotopic (exact) mass is 221 g/mol. The lowest BCUT2D eigenvalue weighted by atomic mass is 10.2. The molecule has 0 saturated carbocycles. The van der Waals surface area contributed by atoms with Crippen LogP contribution >= 0.6 is 11.3 Å². The van der Waals surface area contributed by atoms with Gasteiger partial charge in [0.15, 0.2) is 0 Å². The van der Waals surface area contributed by atoms with E-state index in [0.717, 1.165) is 10.3 Å². The zero-order valence-electron chi connectivity index (χ0n) is 10.1. The zero-order chi connectivity index (χ0) is 11.2. The van der Waals surface area contributed by atoms with Crippen LogP contribution in [0.4, 0.5) is 0 Å². The van der Waals surface area contributed by atoms with Gasteiger partial charge in [-0.05, 0) is 24.4 Å². The maximum Gasteiger partial charge on any atom is 0.0776 e. The van der Waals surface area contributed by atoms with E-state index < -0.39 is 8.07 Å². The van der Waals surface area contributed by atoms with Crippen LogP contribution in [0.1, 0.15) is 6.25 Å². The van der Waals surface area contributed by atoms with Gasteiger partial charge in [-0.3, -0.25) is 0 Å². The van der Waals surface area contributed by atoms with Crippen molar-refractivity contribution in [1.82, 2.24) is 0 Å². The fraction of sp³-hybridized carbons (Fsp3) is 0.333. The van der Waals surface area contributed by atoms with Gasteiger partial charge in [0.25, 0.3) is 0 Å². The predicted octanol–water partition coefficient (Wildman–Crippen LogP) is 3.75. The van der Waals surface area contributed by atoms with Crippen molar-refractivity contribution in [1.29, 1.82) is 0 Å². The van der Waals surface area contributed by atoms with Gasteiger partial charge in [0.1, 0.15) is 0 Å². The van der Waals surface area contributed by atoms with Crippen molar-refractivity contribution in [2.75, 3.05) is 0 Å². The molecular formula is C12H16SSi. The van der Waals surface area contributed by atoms with Gasteiger partial charge in [0.05, 0.1) is 9.44 Å². The number of rotatable bonds is 1. The van der Waals surface area contributed by atoms with Crippen LogP contribution in [0, 0.1) is 6.92 Å². The van der Waals surface area contributed by atoms with Gasteiger partial charge in [-0.2, -0.15) is 0 Å². The third-order valence-corrected chi connectivity index (χ3v) is 5.43. The highest BCUT2D eigenvalue weighted by Crippen LogP contribution is 2.24. The van der Waals surface area contributed by atoms with E-state index in [1.165, 1.54) is 9.89 Å². The second kappa shape index (κ2) is 3.21. The Morgan fingerprint density at radius 2 is 2.00 bits per heavy atom. The Labute approximate surface area is 92.0 Å². The van der Waals surface area contributed by atoms with Gasteiger partial charge in [-0.25, -0.2) is 0 Å². The lowest BCUT2D eigenvalue weighted by molar-refractivity contribution is 1.65. The van der Waals surface area contributed by atoms with Crippen molar-refractivity contribution in [2.45, 2.75) is 26.6 Å². The average molecular weight is 221 g/mol. The Morgan fingerprint density at radius 1 is 1.29 bits per heavy atom. The number of thiophene rings is 1. The first-order valence-electron chi connectivity index (χ1n) is 5.40. The Bertz CT molecular complexity index is 508. The molecule has 0 bridgehead atoms. The molecule has 1 aromatic heterocycles. The molecule has 0 spiro atoms. The second-order valence-corrected chi connectivity index (χ2v) is 11.1. The van der Waals surface area contributed by atoms with Crippen molar-refractivity contribution in [3.8, 4) is 0 Å². The summed E-state index contributed by atoms with van der Waals surface area (Å²) in [5, 5.41) is 2.59. The summed E-state index contributed by atoms with van der Waals surface area (Å²) in [5.41, 5.74) is 0. The number of hydrogen-bond acceptors (Lipinski definition) is 1. The molecule has 2 aromatic rings. The van der Waals surface area contributed by atoms with Crippen LogP contribution in [0.25, 0.3) is 10.1 Å². The molecule has 2 heteroatoms. The molecule has 0 atom stereocenters. The first-order chi connectivity index (χ1) is 6.89. The largest absolute Gasteiger partial charge is 0.141 e. The van der Waals surface area contributed by atoms with Crippen molar-refractivity contribution in [3.05, 3.63) is 29.1 Å². The summed E-state index contributed by atoms with van der Waals surface area (Å²) in [6.45, 7) is 9.10. The third kappa shape index (κ3) is 1.77. The summed E-state index contributed by atoms with van der Waals surface area (Å²) in [6, 6.07) is 7.32. The van der Waals surface area contributed by atoms with Gasteiger partial charge < -0.3 is 0 Å². The summed E-state index contributed by atoms with van der Waals surface area (Å²) in [4.78, 5) is 1.12. The minimum Gasteiger partial charge on any atom is -0.141 e. The lowest BCUT2D eigenvalue weighted by Crippen LogP contribution is -2.37. The van der Waals surface area contributed by atoms with E-state index in [9.17, 15) is 0 Å². The second-order valence-electron chi connectivity index (χ2n) is 4.74. The molecule has 0 unspecified atom stereocenters. The molecule has 0 radical (unpaired) electrons. The highest BCUT2D eigenvalue weighted by molar-refractivity contribution is 7.19. The Kier molecular flexibility index (Phi) is 1.99. The summed E-state index contributed by atoms with van der Waals surface area (Å²) in [6.07, 6.45) is 0. The molecule has 1 heterocycles. The Balaban J connectivity index is 2.67. The molecule has 0 fully saturated rings. The molecular weight excluding hydrogens is 204 g/mol. The van der Waals surface area contributed by atoms with Gasteiger partial charge in [0.2, 0.25) is 0 Å². The van der Waals surface area contributed by atoms with Gasteiger partial charge in [-0.15, -0.1) is 11.3 Å². The smallest absolute Gasteiger partial charge is 0.0776 e. The third-order valence-electron chi connectivity index (χ3n) is 2.42. The maximum atomic E-state index is 7.92. The van der Waals surface area contributed by atoms with Crippen LogP contribution in [-0.4, -0.2) is 8.07 Å². The van der Waals surface area contributed by atoms with Gasteiger partial charge in [-0.1, -0.05) is 37.0 Å². The molecule has 14 heavy (non-hydrogen) atoms. The van der Waals surface area contributed by atoms with Crippen LogP contribution in [0.2, 0.25) is 19.6 Å². The van der Waals surface area contributed by atoms with E-state index in [1.54, 1.807) is 11.3 Å².